The first-order valence-corrected chi connectivity index (χ1v) is 5.61. The molecule has 1 aromatic carbocycles. The number of aliphatic carboxylic acids is 1. The van der Waals surface area contributed by atoms with Gasteiger partial charge in [-0.15, -0.1) is 0 Å². The summed E-state index contributed by atoms with van der Waals surface area (Å²) in [4.78, 5) is 11.0. The number of carboxylic acid groups (broad SMARTS) is 1. The minimum atomic E-state index is -1.01. The van der Waals surface area contributed by atoms with E-state index in [0.717, 1.165) is 4.47 Å². The molecule has 1 rings (SSSR count). The van der Waals surface area contributed by atoms with Crippen molar-refractivity contribution in [3.05, 3.63) is 34.3 Å². The van der Waals surface area contributed by atoms with E-state index in [2.05, 4.69) is 15.9 Å². The van der Waals surface area contributed by atoms with Gasteiger partial charge >= 0.3 is 5.97 Å². The van der Waals surface area contributed by atoms with Gasteiger partial charge in [-0.05, 0) is 24.1 Å². The van der Waals surface area contributed by atoms with Gasteiger partial charge in [0.1, 0.15) is 0 Å². The van der Waals surface area contributed by atoms with E-state index in [1.54, 1.807) is 24.3 Å². The summed E-state index contributed by atoms with van der Waals surface area (Å²) in [5.41, 5.74) is 0.614. The lowest BCUT2D eigenvalue weighted by Gasteiger charge is -2.15. The van der Waals surface area contributed by atoms with E-state index in [9.17, 15) is 9.90 Å². The monoisotopic (exact) mass is 288 g/mol. The van der Waals surface area contributed by atoms with E-state index in [1.807, 2.05) is 0 Å². The van der Waals surface area contributed by atoms with Crippen LogP contribution in [-0.2, 0) is 4.79 Å². The van der Waals surface area contributed by atoms with E-state index in [1.165, 1.54) is 0 Å². The molecule has 2 atom stereocenters. The summed E-state index contributed by atoms with van der Waals surface area (Å²) < 4.78 is 0.864. The molecule has 0 aliphatic rings. The highest BCUT2D eigenvalue weighted by atomic mass is 79.9. The lowest BCUT2D eigenvalue weighted by Crippen LogP contribution is -2.21. The molecule has 0 saturated heterocycles. The van der Waals surface area contributed by atoms with Crippen molar-refractivity contribution >= 4 is 21.9 Å². The molecule has 0 aromatic heterocycles. The van der Waals surface area contributed by atoms with Gasteiger partial charge in [-0.1, -0.05) is 28.1 Å². The maximum Gasteiger partial charge on any atom is 0.311 e. The summed E-state index contributed by atoms with van der Waals surface area (Å²) >= 11 is 3.26. The zero-order chi connectivity index (χ0) is 12.1. The topological polar surface area (TPSA) is 77.8 Å². The molecule has 1 aromatic rings. The van der Waals surface area contributed by atoms with Crippen LogP contribution in [0.3, 0.4) is 0 Å². The Morgan fingerprint density at radius 3 is 2.31 bits per heavy atom. The van der Waals surface area contributed by atoms with Gasteiger partial charge in [-0.25, -0.2) is 0 Å². The quantitative estimate of drug-likeness (QED) is 0.765. The molecular formula is C11H13BrO4. The first-order chi connectivity index (χ1) is 7.54. The van der Waals surface area contributed by atoms with Crippen molar-refractivity contribution in [2.75, 3.05) is 6.61 Å². The molecule has 5 heteroatoms. The average molecular weight is 289 g/mol. The summed E-state index contributed by atoms with van der Waals surface area (Å²) in [6, 6.07) is 6.87. The fourth-order valence-electron chi connectivity index (χ4n) is 1.42. The summed E-state index contributed by atoms with van der Waals surface area (Å²) in [6.45, 7) is -0.430. The smallest absolute Gasteiger partial charge is 0.311 e. The third kappa shape index (κ3) is 3.59. The molecule has 2 unspecified atom stereocenters. The zero-order valence-corrected chi connectivity index (χ0v) is 10.1. The number of hydrogen-bond acceptors (Lipinski definition) is 3. The van der Waals surface area contributed by atoms with E-state index in [0.29, 0.717) is 5.56 Å². The average Bonchev–Trinajstić information content (AvgIpc) is 2.26. The van der Waals surface area contributed by atoms with Crippen molar-refractivity contribution in [3.63, 3.8) is 0 Å². The Hall–Kier alpha value is -0.910. The highest BCUT2D eigenvalue weighted by Crippen LogP contribution is 2.23. The third-order valence-corrected chi connectivity index (χ3v) is 2.82. The Morgan fingerprint density at radius 2 is 1.88 bits per heavy atom. The maximum atomic E-state index is 11.0. The number of hydrogen-bond donors (Lipinski definition) is 3. The maximum absolute atomic E-state index is 11.0. The van der Waals surface area contributed by atoms with Crippen LogP contribution in [-0.4, -0.2) is 34.0 Å². The van der Waals surface area contributed by atoms with E-state index < -0.39 is 24.6 Å². The molecule has 0 amide bonds. The molecule has 0 fully saturated rings. The van der Waals surface area contributed by atoms with Crippen molar-refractivity contribution in [1.29, 1.82) is 0 Å². The fraction of sp³-hybridized carbons (Fsp3) is 0.364. The van der Waals surface area contributed by atoms with E-state index >= 15 is 0 Å². The first-order valence-electron chi connectivity index (χ1n) is 4.81. The normalized spacial score (nSPS) is 14.4. The van der Waals surface area contributed by atoms with Gasteiger partial charge < -0.3 is 15.3 Å². The fourth-order valence-corrected chi connectivity index (χ4v) is 1.69. The van der Waals surface area contributed by atoms with Crippen molar-refractivity contribution < 1.29 is 20.1 Å². The second-order valence-corrected chi connectivity index (χ2v) is 4.43. The first kappa shape index (κ1) is 13.2. The van der Waals surface area contributed by atoms with Gasteiger partial charge in [0.25, 0.3) is 0 Å². The predicted molar refractivity (Wildman–Crippen MR) is 62.2 cm³/mol. The van der Waals surface area contributed by atoms with Crippen LogP contribution in [0.2, 0.25) is 0 Å². The zero-order valence-electron chi connectivity index (χ0n) is 8.51. The second kappa shape index (κ2) is 5.98. The molecule has 88 valence electrons. The number of aliphatic hydroxyl groups excluding tert-OH is 2. The van der Waals surface area contributed by atoms with Gasteiger partial charge in [0, 0.05) is 4.47 Å². The van der Waals surface area contributed by atoms with Crippen LogP contribution in [0.4, 0.5) is 0 Å². The summed E-state index contributed by atoms with van der Waals surface area (Å²) in [5, 5.41) is 27.0. The molecule has 0 aliphatic carbocycles. The molecule has 0 radical (unpaired) electrons. The summed E-state index contributed by atoms with van der Waals surface area (Å²) in [7, 11) is 0. The largest absolute Gasteiger partial charge is 0.481 e. The SMILES string of the molecule is O=C(O)C(CC(O)CO)c1ccc(Br)cc1. The van der Waals surface area contributed by atoms with Crippen LogP contribution in [0.1, 0.15) is 17.9 Å². The Balaban J connectivity index is 2.85. The van der Waals surface area contributed by atoms with Gasteiger partial charge in [-0.3, -0.25) is 4.79 Å². The molecule has 0 saturated carbocycles. The molecular weight excluding hydrogens is 276 g/mol. The number of carbonyl (C=O) groups is 1. The lowest BCUT2D eigenvalue weighted by molar-refractivity contribution is -0.139. The van der Waals surface area contributed by atoms with Gasteiger partial charge in [0.05, 0.1) is 18.6 Å². The molecule has 3 N–H and O–H groups in total. The molecule has 4 nitrogen and oxygen atoms in total. The van der Waals surface area contributed by atoms with Crippen LogP contribution < -0.4 is 0 Å². The van der Waals surface area contributed by atoms with E-state index in [4.69, 9.17) is 10.2 Å². The lowest BCUT2D eigenvalue weighted by atomic mass is 9.93. The van der Waals surface area contributed by atoms with Crippen molar-refractivity contribution in [1.82, 2.24) is 0 Å². The van der Waals surface area contributed by atoms with Crippen LogP contribution in [0, 0.1) is 0 Å². The molecule has 16 heavy (non-hydrogen) atoms. The Kier molecular flexibility index (Phi) is 4.92. The number of rotatable bonds is 5. The minimum Gasteiger partial charge on any atom is -0.481 e. The van der Waals surface area contributed by atoms with Crippen LogP contribution in [0.25, 0.3) is 0 Å². The van der Waals surface area contributed by atoms with Crippen molar-refractivity contribution in [2.45, 2.75) is 18.4 Å². The molecule has 0 heterocycles. The number of benzene rings is 1. The minimum absolute atomic E-state index is 0.00741. The van der Waals surface area contributed by atoms with Crippen LogP contribution >= 0.6 is 15.9 Å². The van der Waals surface area contributed by atoms with Crippen molar-refractivity contribution in [2.24, 2.45) is 0 Å². The Bertz CT molecular complexity index is 350. The van der Waals surface area contributed by atoms with Gasteiger partial charge in [0.15, 0.2) is 0 Å². The Labute approximate surface area is 102 Å². The molecule has 0 bridgehead atoms. The number of carboxylic acids is 1. The highest BCUT2D eigenvalue weighted by Gasteiger charge is 2.22. The standard InChI is InChI=1S/C11H13BrO4/c12-8-3-1-7(2-4-8)10(11(15)16)5-9(14)6-13/h1-4,9-10,13-14H,5-6H2,(H,15,16). The van der Waals surface area contributed by atoms with Gasteiger partial charge in [-0.2, -0.15) is 0 Å². The summed E-state index contributed by atoms with van der Waals surface area (Å²) in [5.74, 6) is -1.80. The van der Waals surface area contributed by atoms with Gasteiger partial charge in [0.2, 0.25) is 0 Å². The van der Waals surface area contributed by atoms with Crippen LogP contribution in [0.5, 0.6) is 0 Å². The highest BCUT2D eigenvalue weighted by molar-refractivity contribution is 9.10. The Morgan fingerprint density at radius 1 is 1.31 bits per heavy atom. The third-order valence-electron chi connectivity index (χ3n) is 2.29. The second-order valence-electron chi connectivity index (χ2n) is 3.51. The number of aliphatic hydroxyl groups is 2. The van der Waals surface area contributed by atoms with E-state index in [-0.39, 0.29) is 6.42 Å². The molecule has 0 spiro atoms. The molecule has 0 aliphatic heterocycles. The predicted octanol–water partition coefficient (Wildman–Crippen LogP) is 1.36. The van der Waals surface area contributed by atoms with Crippen LogP contribution in [0.15, 0.2) is 28.7 Å². The van der Waals surface area contributed by atoms with Crippen molar-refractivity contribution in [3.8, 4) is 0 Å². The number of halogens is 1. The summed E-state index contributed by atoms with van der Waals surface area (Å²) in [6.07, 6.45) is -1.00.